The first-order valence-corrected chi connectivity index (χ1v) is 10.9. The molecule has 1 aromatic carbocycles. The van der Waals surface area contributed by atoms with Gasteiger partial charge in [-0.1, -0.05) is 12.1 Å². The summed E-state index contributed by atoms with van der Waals surface area (Å²) in [6.45, 7) is 2.80. The van der Waals surface area contributed by atoms with Crippen LogP contribution in [-0.2, 0) is 29.3 Å². The third-order valence-corrected chi connectivity index (χ3v) is 6.39. The maximum atomic E-state index is 12.6. The van der Waals surface area contributed by atoms with E-state index in [4.69, 9.17) is 0 Å². The van der Waals surface area contributed by atoms with Gasteiger partial charge in [-0.3, -0.25) is 0 Å². The Kier molecular flexibility index (Phi) is 7.60. The smallest absolute Gasteiger partial charge is 0.357 e. The van der Waals surface area contributed by atoms with Gasteiger partial charge in [-0.25, -0.2) is 22.7 Å². The number of benzene rings is 1. The van der Waals surface area contributed by atoms with Crippen molar-refractivity contribution in [3.8, 4) is 0 Å². The number of guanidine groups is 1. The van der Waals surface area contributed by atoms with Gasteiger partial charge in [-0.05, 0) is 24.6 Å². The highest BCUT2D eigenvalue weighted by Crippen LogP contribution is 2.29. The average Bonchev–Trinajstić information content (AvgIpc) is 3.14. The molecule has 0 radical (unpaired) electrons. The summed E-state index contributed by atoms with van der Waals surface area (Å²) in [5, 5.41) is 7.21. The molecular weight excluding hydrogens is 427 g/mol. The summed E-state index contributed by atoms with van der Waals surface area (Å²) in [7, 11) is -0.574. The summed E-state index contributed by atoms with van der Waals surface area (Å²) in [6.07, 6.45) is -4.46. The second-order valence-corrected chi connectivity index (χ2v) is 9.20. The quantitative estimate of drug-likeness (QED) is 0.501. The van der Waals surface area contributed by atoms with Crippen LogP contribution in [0.4, 0.5) is 13.2 Å². The summed E-state index contributed by atoms with van der Waals surface area (Å²) < 4.78 is 63.2. The molecule has 0 aliphatic carbocycles. The largest absolute Gasteiger partial charge is 0.434 e. The van der Waals surface area contributed by atoms with Gasteiger partial charge < -0.3 is 10.6 Å². The van der Waals surface area contributed by atoms with Crippen LogP contribution in [0.2, 0.25) is 0 Å². The van der Waals surface area contributed by atoms with Crippen molar-refractivity contribution in [2.75, 3.05) is 20.6 Å². The van der Waals surface area contributed by atoms with E-state index in [1.165, 1.54) is 26.2 Å². The van der Waals surface area contributed by atoms with Crippen molar-refractivity contribution in [2.45, 2.75) is 31.1 Å². The summed E-state index contributed by atoms with van der Waals surface area (Å²) in [4.78, 5) is 8.12. The molecule has 0 spiro atoms. The van der Waals surface area contributed by atoms with E-state index in [0.717, 1.165) is 26.6 Å². The van der Waals surface area contributed by atoms with E-state index >= 15 is 0 Å². The number of nitrogens with one attached hydrogen (secondary N) is 2. The van der Waals surface area contributed by atoms with Crippen molar-refractivity contribution in [3.63, 3.8) is 0 Å². The number of halogens is 3. The predicted octanol–water partition coefficient (Wildman–Crippen LogP) is 2.67. The number of rotatable bonds is 7. The molecule has 160 valence electrons. The van der Waals surface area contributed by atoms with Gasteiger partial charge in [0.15, 0.2) is 11.7 Å². The Morgan fingerprint density at radius 2 is 1.86 bits per heavy atom. The average molecular weight is 450 g/mol. The number of aliphatic imine (C=N–C) groups is 1. The fourth-order valence-corrected chi connectivity index (χ4v) is 3.81. The van der Waals surface area contributed by atoms with Crippen molar-refractivity contribution in [3.05, 3.63) is 45.9 Å². The first-order valence-electron chi connectivity index (χ1n) is 8.59. The standard InChI is InChI=1S/C17H22F3N5O2S2/c1-4-21-16(23-10-15-24-14(11-28-15)17(18,19)20)22-9-12-5-7-13(8-6-12)29(26,27)25(2)3/h5-8,11H,4,9-10H2,1-3H3,(H2,21,22,23). The highest BCUT2D eigenvalue weighted by atomic mass is 32.2. The molecule has 0 unspecified atom stereocenters. The highest BCUT2D eigenvalue weighted by molar-refractivity contribution is 7.89. The molecule has 29 heavy (non-hydrogen) atoms. The van der Waals surface area contributed by atoms with Crippen LogP contribution >= 0.6 is 11.3 Å². The van der Waals surface area contributed by atoms with Crippen LogP contribution in [0.15, 0.2) is 39.5 Å². The summed E-state index contributed by atoms with van der Waals surface area (Å²) in [6, 6.07) is 6.35. The minimum Gasteiger partial charge on any atom is -0.357 e. The number of nitrogens with zero attached hydrogens (tertiary/aromatic N) is 3. The molecule has 0 saturated carbocycles. The fraction of sp³-hybridized carbons (Fsp3) is 0.412. The number of aromatic nitrogens is 1. The minimum absolute atomic E-state index is 0.104. The monoisotopic (exact) mass is 449 g/mol. The van der Waals surface area contributed by atoms with E-state index in [1.807, 2.05) is 6.92 Å². The first-order chi connectivity index (χ1) is 13.5. The minimum atomic E-state index is -4.46. The Morgan fingerprint density at radius 3 is 2.38 bits per heavy atom. The molecule has 0 atom stereocenters. The summed E-state index contributed by atoms with van der Waals surface area (Å²) >= 11 is 0.920. The van der Waals surface area contributed by atoms with Crippen LogP contribution in [0.25, 0.3) is 0 Å². The lowest BCUT2D eigenvalue weighted by Crippen LogP contribution is -2.36. The molecule has 1 heterocycles. The summed E-state index contributed by atoms with van der Waals surface area (Å²) in [5.41, 5.74) is -0.123. The van der Waals surface area contributed by atoms with Crippen molar-refractivity contribution < 1.29 is 21.6 Å². The third-order valence-electron chi connectivity index (χ3n) is 3.72. The summed E-state index contributed by atoms with van der Waals surface area (Å²) in [5.74, 6) is 0.418. The Morgan fingerprint density at radius 1 is 1.21 bits per heavy atom. The van der Waals surface area contributed by atoms with E-state index in [-0.39, 0.29) is 18.0 Å². The molecule has 0 amide bonds. The van der Waals surface area contributed by atoms with Gasteiger partial charge in [-0.15, -0.1) is 11.3 Å². The molecule has 12 heteroatoms. The Hall–Kier alpha value is -2.18. The van der Waals surface area contributed by atoms with Gasteiger partial charge >= 0.3 is 6.18 Å². The maximum absolute atomic E-state index is 12.6. The first kappa shape index (κ1) is 23.1. The second kappa shape index (κ2) is 9.55. The van der Waals surface area contributed by atoms with Crippen molar-refractivity contribution >= 4 is 27.3 Å². The predicted molar refractivity (Wildman–Crippen MR) is 106 cm³/mol. The fourth-order valence-electron chi connectivity index (χ4n) is 2.17. The number of hydrogen-bond acceptors (Lipinski definition) is 5. The number of alkyl halides is 3. The van der Waals surface area contributed by atoms with E-state index < -0.39 is 21.9 Å². The molecule has 0 aliphatic rings. The van der Waals surface area contributed by atoms with Gasteiger partial charge in [0.2, 0.25) is 10.0 Å². The molecule has 1 aromatic heterocycles. The topological polar surface area (TPSA) is 86.7 Å². The zero-order chi connectivity index (χ0) is 21.7. The van der Waals surface area contributed by atoms with Crippen molar-refractivity contribution in [1.29, 1.82) is 0 Å². The van der Waals surface area contributed by atoms with Crippen LogP contribution in [0.1, 0.15) is 23.2 Å². The van der Waals surface area contributed by atoms with Crippen LogP contribution < -0.4 is 10.6 Å². The molecule has 0 fully saturated rings. The molecule has 2 rings (SSSR count). The Bertz CT molecular complexity index is 939. The van der Waals surface area contributed by atoms with Crippen LogP contribution in [0.5, 0.6) is 0 Å². The van der Waals surface area contributed by atoms with Gasteiger partial charge in [-0.2, -0.15) is 13.2 Å². The molecule has 0 saturated heterocycles. The van der Waals surface area contributed by atoms with E-state index in [0.29, 0.717) is 17.5 Å². The maximum Gasteiger partial charge on any atom is 0.434 e. The zero-order valence-electron chi connectivity index (χ0n) is 16.1. The normalized spacial score (nSPS) is 13.0. The molecule has 0 aliphatic heterocycles. The Balaban J connectivity index is 2.02. The third kappa shape index (κ3) is 6.41. The number of thiazole rings is 1. The second-order valence-electron chi connectivity index (χ2n) is 6.10. The van der Waals surface area contributed by atoms with Gasteiger partial charge in [0.25, 0.3) is 0 Å². The van der Waals surface area contributed by atoms with Crippen LogP contribution in [-0.4, -0.2) is 44.3 Å². The molecule has 2 aromatic rings. The van der Waals surface area contributed by atoms with Crippen LogP contribution in [0, 0.1) is 0 Å². The van der Waals surface area contributed by atoms with Crippen molar-refractivity contribution in [2.24, 2.45) is 4.99 Å². The Labute approximate surface area is 171 Å². The molecule has 0 bridgehead atoms. The van der Waals surface area contributed by atoms with Crippen LogP contribution in [0.3, 0.4) is 0 Å². The van der Waals surface area contributed by atoms with Gasteiger partial charge in [0, 0.05) is 26.0 Å². The lowest BCUT2D eigenvalue weighted by molar-refractivity contribution is -0.140. The van der Waals surface area contributed by atoms with E-state index in [2.05, 4.69) is 20.6 Å². The molecule has 7 nitrogen and oxygen atoms in total. The number of sulfonamides is 1. The van der Waals surface area contributed by atoms with Gasteiger partial charge in [0.1, 0.15) is 5.01 Å². The lowest BCUT2D eigenvalue weighted by atomic mass is 10.2. The van der Waals surface area contributed by atoms with E-state index in [9.17, 15) is 21.6 Å². The lowest BCUT2D eigenvalue weighted by Gasteiger charge is -2.12. The molecular formula is C17H22F3N5O2S2. The van der Waals surface area contributed by atoms with Crippen molar-refractivity contribution in [1.82, 2.24) is 19.9 Å². The highest BCUT2D eigenvalue weighted by Gasteiger charge is 2.33. The SMILES string of the molecule is CCNC(=NCc1ccc(S(=O)(=O)N(C)C)cc1)NCc1nc(C(F)(F)F)cs1. The molecule has 2 N–H and O–H groups in total. The van der Waals surface area contributed by atoms with E-state index in [1.54, 1.807) is 12.1 Å². The number of hydrogen-bond donors (Lipinski definition) is 2. The van der Waals surface area contributed by atoms with Gasteiger partial charge in [0.05, 0.1) is 18.0 Å². The zero-order valence-corrected chi connectivity index (χ0v) is 17.7.